The molecule has 0 aromatic carbocycles. The van der Waals surface area contributed by atoms with Crippen molar-refractivity contribution in [2.45, 2.75) is 12.8 Å². The number of aromatic nitrogens is 3. The van der Waals surface area contributed by atoms with Gasteiger partial charge in [-0.15, -0.1) is 0 Å². The summed E-state index contributed by atoms with van der Waals surface area (Å²) in [7, 11) is 0. The molecule has 0 saturated carbocycles. The predicted octanol–water partition coefficient (Wildman–Crippen LogP) is 2.18. The van der Waals surface area contributed by atoms with Gasteiger partial charge in [-0.1, -0.05) is 11.6 Å². The molecular weight excluding hydrogens is 379 g/mol. The molecule has 0 spiro atoms. The molecule has 1 fully saturated rings. The Balaban J connectivity index is 1.74. The number of carbonyl (C=O) groups excluding carboxylic acids is 2. The van der Waals surface area contributed by atoms with Crippen LogP contribution in [-0.4, -0.2) is 33.4 Å². The van der Waals surface area contributed by atoms with Crippen LogP contribution in [0.1, 0.15) is 11.1 Å². The average Bonchev–Trinajstić information content (AvgIpc) is 2.91. The first kappa shape index (κ1) is 17.9. The quantitative estimate of drug-likeness (QED) is 0.638. The SMILES string of the molecule is O=C1CN(c2ncc(OCc3c(C(F)(F)F)ccnc3Cl)cn2)C(=O)N1. The number of pyridine rings is 1. The number of halogens is 4. The molecule has 0 radical (unpaired) electrons. The van der Waals surface area contributed by atoms with Crippen molar-refractivity contribution in [2.24, 2.45) is 0 Å². The van der Waals surface area contributed by atoms with Crippen molar-refractivity contribution in [3.8, 4) is 5.75 Å². The molecule has 0 atom stereocenters. The van der Waals surface area contributed by atoms with Crippen molar-refractivity contribution in [2.75, 3.05) is 11.4 Å². The summed E-state index contributed by atoms with van der Waals surface area (Å²) in [6.45, 7) is -0.730. The van der Waals surface area contributed by atoms with Gasteiger partial charge in [-0.25, -0.2) is 19.7 Å². The van der Waals surface area contributed by atoms with E-state index in [0.717, 1.165) is 29.6 Å². The van der Waals surface area contributed by atoms with Gasteiger partial charge in [0, 0.05) is 11.8 Å². The maximum absolute atomic E-state index is 13.0. The van der Waals surface area contributed by atoms with E-state index in [0.29, 0.717) is 0 Å². The van der Waals surface area contributed by atoms with E-state index in [-0.39, 0.29) is 29.0 Å². The van der Waals surface area contributed by atoms with Gasteiger partial charge in [-0.2, -0.15) is 13.2 Å². The zero-order valence-electron chi connectivity index (χ0n) is 12.7. The van der Waals surface area contributed by atoms with Crippen LogP contribution in [0.3, 0.4) is 0 Å². The number of hydrogen-bond donors (Lipinski definition) is 1. The fourth-order valence-electron chi connectivity index (χ4n) is 2.15. The molecular formula is C14H9ClF3N5O3. The van der Waals surface area contributed by atoms with Gasteiger partial charge in [0.15, 0.2) is 5.75 Å². The van der Waals surface area contributed by atoms with Crippen molar-refractivity contribution < 1.29 is 27.5 Å². The second-order valence-corrected chi connectivity index (χ2v) is 5.43. The van der Waals surface area contributed by atoms with Crippen LogP contribution >= 0.6 is 11.6 Å². The highest BCUT2D eigenvalue weighted by Gasteiger charge is 2.35. The lowest BCUT2D eigenvalue weighted by molar-refractivity contribution is -0.138. The highest BCUT2D eigenvalue weighted by Crippen LogP contribution is 2.34. The smallest absolute Gasteiger partial charge is 0.416 e. The normalized spacial score (nSPS) is 14.5. The van der Waals surface area contributed by atoms with Crippen LogP contribution in [0.5, 0.6) is 5.75 Å². The summed E-state index contributed by atoms with van der Waals surface area (Å²) >= 11 is 5.74. The van der Waals surface area contributed by atoms with Crippen LogP contribution in [0, 0.1) is 0 Å². The van der Waals surface area contributed by atoms with E-state index in [1.54, 1.807) is 0 Å². The first-order valence-corrected chi connectivity index (χ1v) is 7.40. The number of carbonyl (C=O) groups is 2. The van der Waals surface area contributed by atoms with Gasteiger partial charge >= 0.3 is 12.2 Å². The standard InChI is InChI=1S/C14H9ClF3N5O3/c15-11-8(9(1-2-19-11)14(16,17)18)6-26-7-3-20-12(21-4-7)23-5-10(24)22-13(23)25/h1-4H,5-6H2,(H,22,24,25). The lowest BCUT2D eigenvalue weighted by atomic mass is 10.1. The van der Waals surface area contributed by atoms with Gasteiger partial charge in [-0.3, -0.25) is 15.0 Å². The number of hydrogen-bond acceptors (Lipinski definition) is 6. The lowest BCUT2D eigenvalue weighted by Gasteiger charge is -2.14. The van der Waals surface area contributed by atoms with E-state index in [9.17, 15) is 22.8 Å². The Morgan fingerprint density at radius 3 is 2.50 bits per heavy atom. The molecule has 1 aliphatic rings. The number of rotatable bonds is 4. The van der Waals surface area contributed by atoms with Gasteiger partial charge in [0.1, 0.15) is 18.3 Å². The molecule has 2 aromatic heterocycles. The molecule has 1 saturated heterocycles. The van der Waals surface area contributed by atoms with Crippen molar-refractivity contribution in [3.63, 3.8) is 0 Å². The number of imide groups is 1. The maximum atomic E-state index is 13.0. The zero-order chi connectivity index (χ0) is 18.9. The molecule has 2 aromatic rings. The van der Waals surface area contributed by atoms with E-state index >= 15 is 0 Å². The van der Waals surface area contributed by atoms with Crippen LogP contribution in [-0.2, 0) is 17.6 Å². The first-order valence-electron chi connectivity index (χ1n) is 7.02. The number of alkyl halides is 3. The number of urea groups is 1. The fourth-order valence-corrected chi connectivity index (χ4v) is 2.36. The maximum Gasteiger partial charge on any atom is 0.416 e. The van der Waals surface area contributed by atoms with E-state index in [1.165, 1.54) is 0 Å². The molecule has 136 valence electrons. The number of anilines is 1. The third-order valence-corrected chi connectivity index (χ3v) is 3.67. The van der Waals surface area contributed by atoms with Crippen LogP contribution in [0.4, 0.5) is 23.9 Å². The number of nitrogens with one attached hydrogen (secondary N) is 1. The third kappa shape index (κ3) is 3.67. The Hall–Kier alpha value is -2.95. The summed E-state index contributed by atoms with van der Waals surface area (Å²) in [4.78, 5) is 35.0. The van der Waals surface area contributed by atoms with Gasteiger partial charge in [0.2, 0.25) is 11.9 Å². The molecule has 26 heavy (non-hydrogen) atoms. The van der Waals surface area contributed by atoms with Crippen LogP contribution in [0.15, 0.2) is 24.7 Å². The molecule has 1 aliphatic heterocycles. The number of ether oxygens (including phenoxy) is 1. The summed E-state index contributed by atoms with van der Waals surface area (Å²) in [5.41, 5.74) is -1.28. The van der Waals surface area contributed by atoms with E-state index in [2.05, 4.69) is 20.3 Å². The Morgan fingerprint density at radius 1 is 1.23 bits per heavy atom. The number of nitrogens with zero attached hydrogens (tertiary/aromatic N) is 4. The van der Waals surface area contributed by atoms with Gasteiger partial charge in [0.25, 0.3) is 0 Å². The average molecular weight is 388 g/mol. The molecule has 3 amide bonds. The minimum absolute atomic E-state index is 0.0453. The summed E-state index contributed by atoms with van der Waals surface area (Å²) in [5.74, 6) is -0.492. The van der Waals surface area contributed by atoms with E-state index in [4.69, 9.17) is 16.3 Å². The Bertz CT molecular complexity index is 860. The highest BCUT2D eigenvalue weighted by atomic mass is 35.5. The largest absolute Gasteiger partial charge is 0.486 e. The highest BCUT2D eigenvalue weighted by molar-refractivity contribution is 6.30. The summed E-state index contributed by atoms with van der Waals surface area (Å²) in [6.07, 6.45) is -1.33. The second kappa shape index (κ2) is 6.75. The molecule has 3 rings (SSSR count). The minimum Gasteiger partial charge on any atom is -0.486 e. The van der Waals surface area contributed by atoms with Gasteiger partial charge in [0.05, 0.1) is 18.0 Å². The fraction of sp³-hybridized carbons (Fsp3) is 0.214. The van der Waals surface area contributed by atoms with Crippen molar-refractivity contribution >= 4 is 29.5 Å². The molecule has 0 aliphatic carbocycles. The van der Waals surface area contributed by atoms with Crippen LogP contribution < -0.4 is 15.0 Å². The summed E-state index contributed by atoms with van der Waals surface area (Å²) in [5, 5.41) is 1.73. The molecule has 8 nitrogen and oxygen atoms in total. The predicted molar refractivity (Wildman–Crippen MR) is 81.5 cm³/mol. The Labute approximate surface area is 149 Å². The van der Waals surface area contributed by atoms with Crippen LogP contribution in [0.2, 0.25) is 5.15 Å². The summed E-state index contributed by atoms with van der Waals surface area (Å²) in [6, 6.07) is 0.133. The zero-order valence-corrected chi connectivity index (χ0v) is 13.5. The molecule has 0 bridgehead atoms. The first-order chi connectivity index (χ1) is 12.3. The van der Waals surface area contributed by atoms with Crippen LogP contribution in [0.25, 0.3) is 0 Å². The van der Waals surface area contributed by atoms with Crippen molar-refractivity contribution in [1.82, 2.24) is 20.3 Å². The second-order valence-electron chi connectivity index (χ2n) is 5.07. The van der Waals surface area contributed by atoms with Crippen molar-refractivity contribution in [1.29, 1.82) is 0 Å². The van der Waals surface area contributed by atoms with Gasteiger partial charge in [-0.05, 0) is 6.07 Å². The molecule has 1 N–H and O–H groups in total. The minimum atomic E-state index is -4.61. The Kier molecular flexibility index (Phi) is 4.64. The van der Waals surface area contributed by atoms with Crippen molar-refractivity contribution in [3.05, 3.63) is 40.9 Å². The molecule has 3 heterocycles. The number of amides is 3. The Morgan fingerprint density at radius 2 is 1.92 bits per heavy atom. The summed E-state index contributed by atoms with van der Waals surface area (Å²) < 4.78 is 44.3. The van der Waals surface area contributed by atoms with E-state index < -0.39 is 30.3 Å². The lowest BCUT2D eigenvalue weighted by Crippen LogP contribution is -2.29. The van der Waals surface area contributed by atoms with E-state index in [1.807, 2.05) is 0 Å². The monoisotopic (exact) mass is 387 g/mol. The van der Waals surface area contributed by atoms with Gasteiger partial charge < -0.3 is 4.74 Å². The topological polar surface area (TPSA) is 97.3 Å². The molecule has 0 unspecified atom stereocenters. The molecule has 12 heteroatoms. The third-order valence-electron chi connectivity index (χ3n) is 3.34.